The topological polar surface area (TPSA) is 38.0 Å². The van der Waals surface area contributed by atoms with Gasteiger partial charge >= 0.3 is 0 Å². The van der Waals surface area contributed by atoms with E-state index in [1.54, 1.807) is 0 Å². The van der Waals surface area contributed by atoms with Gasteiger partial charge in [-0.3, -0.25) is 4.68 Å². The predicted molar refractivity (Wildman–Crippen MR) is 82.8 cm³/mol. The van der Waals surface area contributed by atoms with Gasteiger partial charge in [0.25, 0.3) is 0 Å². The maximum atomic E-state index is 10.1. The molecule has 0 amide bonds. The van der Waals surface area contributed by atoms with Crippen LogP contribution in [0.3, 0.4) is 0 Å². The molecule has 3 heteroatoms. The fourth-order valence-corrected chi connectivity index (χ4v) is 3.19. The summed E-state index contributed by atoms with van der Waals surface area (Å²) in [7, 11) is 0. The number of hydrogen-bond donors (Lipinski definition) is 1. The van der Waals surface area contributed by atoms with Crippen LogP contribution in [0.4, 0.5) is 0 Å². The van der Waals surface area contributed by atoms with Crippen molar-refractivity contribution in [1.82, 2.24) is 9.78 Å². The van der Waals surface area contributed by atoms with Crippen LogP contribution in [0, 0.1) is 0 Å². The second-order valence-corrected chi connectivity index (χ2v) is 6.29. The van der Waals surface area contributed by atoms with Crippen molar-refractivity contribution < 1.29 is 5.11 Å². The molecule has 0 bridgehead atoms. The normalized spacial score (nSPS) is 18.3. The number of hydrogen-bond acceptors (Lipinski definition) is 2. The summed E-state index contributed by atoms with van der Waals surface area (Å²) < 4.78 is 2.14. The molecule has 1 heterocycles. The summed E-state index contributed by atoms with van der Waals surface area (Å²) in [6.45, 7) is 2.22. The van der Waals surface area contributed by atoms with Crippen molar-refractivity contribution >= 4 is 0 Å². The van der Waals surface area contributed by atoms with E-state index in [0.29, 0.717) is 12.5 Å². The molecule has 1 N–H and O–H groups in total. The highest BCUT2D eigenvalue weighted by atomic mass is 16.3. The van der Waals surface area contributed by atoms with E-state index in [4.69, 9.17) is 0 Å². The van der Waals surface area contributed by atoms with Crippen molar-refractivity contribution in [3.8, 4) is 0 Å². The predicted octanol–water partition coefficient (Wildman–Crippen LogP) is 4.26. The molecule has 0 aromatic carbocycles. The van der Waals surface area contributed by atoms with Crippen LogP contribution in [0.5, 0.6) is 0 Å². The Kier molecular flexibility index (Phi) is 6.58. The number of rotatable bonds is 8. The molecule has 2 rings (SSSR count). The van der Waals surface area contributed by atoms with Crippen molar-refractivity contribution in [3.63, 3.8) is 0 Å². The lowest BCUT2D eigenvalue weighted by Gasteiger charge is -2.21. The Bertz CT molecular complexity index is 369. The molecule has 1 aliphatic carbocycles. The largest absolute Gasteiger partial charge is 0.393 e. The average molecular weight is 278 g/mol. The molecule has 114 valence electrons. The first kappa shape index (κ1) is 15.6. The molecule has 0 aliphatic heterocycles. The second kappa shape index (κ2) is 8.46. The minimum Gasteiger partial charge on any atom is -0.393 e. The van der Waals surface area contributed by atoms with Crippen LogP contribution in [0.1, 0.15) is 82.9 Å². The first-order valence-electron chi connectivity index (χ1n) is 8.51. The summed E-state index contributed by atoms with van der Waals surface area (Å²) in [5, 5.41) is 14.7. The van der Waals surface area contributed by atoms with E-state index >= 15 is 0 Å². The fraction of sp³-hybridized carbons (Fsp3) is 0.824. The third-order valence-electron chi connectivity index (χ3n) is 4.45. The van der Waals surface area contributed by atoms with Gasteiger partial charge in [-0.1, -0.05) is 51.9 Å². The Labute approximate surface area is 123 Å². The molecular formula is C17H30N2O. The molecule has 1 unspecified atom stereocenters. The monoisotopic (exact) mass is 278 g/mol. The van der Waals surface area contributed by atoms with Gasteiger partial charge in [0.05, 0.1) is 17.8 Å². The number of aromatic nitrogens is 2. The third kappa shape index (κ3) is 4.93. The molecule has 3 nitrogen and oxygen atoms in total. The molecule has 0 radical (unpaired) electrons. The van der Waals surface area contributed by atoms with E-state index in [2.05, 4.69) is 29.0 Å². The van der Waals surface area contributed by atoms with E-state index in [1.165, 1.54) is 51.4 Å². The van der Waals surface area contributed by atoms with Gasteiger partial charge in [-0.05, 0) is 25.3 Å². The van der Waals surface area contributed by atoms with Gasteiger partial charge in [-0.15, -0.1) is 0 Å². The highest BCUT2D eigenvalue weighted by molar-refractivity contribution is 5.01. The Morgan fingerprint density at radius 2 is 2.05 bits per heavy atom. The first-order valence-corrected chi connectivity index (χ1v) is 8.51. The smallest absolute Gasteiger partial charge is 0.0650 e. The van der Waals surface area contributed by atoms with Gasteiger partial charge in [0.2, 0.25) is 0 Å². The van der Waals surface area contributed by atoms with Crippen molar-refractivity contribution in [2.24, 2.45) is 0 Å². The highest BCUT2D eigenvalue weighted by Gasteiger charge is 2.16. The maximum Gasteiger partial charge on any atom is 0.0650 e. The van der Waals surface area contributed by atoms with Gasteiger partial charge in [0.1, 0.15) is 0 Å². The van der Waals surface area contributed by atoms with Crippen LogP contribution in [-0.4, -0.2) is 21.0 Å². The minimum atomic E-state index is -0.221. The summed E-state index contributed by atoms with van der Waals surface area (Å²) in [6.07, 6.45) is 15.0. The quantitative estimate of drug-likeness (QED) is 0.721. The van der Waals surface area contributed by atoms with Crippen LogP contribution in [0.15, 0.2) is 12.3 Å². The second-order valence-electron chi connectivity index (χ2n) is 6.29. The Morgan fingerprint density at radius 3 is 2.80 bits per heavy atom. The van der Waals surface area contributed by atoms with Crippen molar-refractivity contribution in [1.29, 1.82) is 0 Å². The molecule has 1 atom stereocenters. The molecule has 1 aromatic rings. The lowest BCUT2D eigenvalue weighted by atomic mass is 9.96. The van der Waals surface area contributed by atoms with Crippen molar-refractivity contribution in [2.75, 3.05) is 0 Å². The highest BCUT2D eigenvalue weighted by Crippen LogP contribution is 2.27. The van der Waals surface area contributed by atoms with Crippen LogP contribution < -0.4 is 0 Å². The van der Waals surface area contributed by atoms with Crippen molar-refractivity contribution in [2.45, 2.75) is 89.7 Å². The summed E-state index contributed by atoms with van der Waals surface area (Å²) >= 11 is 0. The van der Waals surface area contributed by atoms with E-state index in [9.17, 15) is 5.11 Å². The lowest BCUT2D eigenvalue weighted by Crippen LogP contribution is -2.15. The van der Waals surface area contributed by atoms with Gasteiger partial charge < -0.3 is 5.11 Å². The van der Waals surface area contributed by atoms with Gasteiger partial charge in [-0.2, -0.15) is 5.10 Å². The van der Waals surface area contributed by atoms with E-state index in [1.807, 2.05) is 0 Å². The van der Waals surface area contributed by atoms with E-state index < -0.39 is 0 Å². The van der Waals surface area contributed by atoms with Crippen LogP contribution in [0.2, 0.25) is 0 Å². The molecule has 1 aromatic heterocycles. The number of nitrogens with zero attached hydrogens (tertiary/aromatic N) is 2. The number of aliphatic hydroxyl groups excluding tert-OH is 1. The van der Waals surface area contributed by atoms with Gasteiger partial charge in [0, 0.05) is 12.6 Å². The summed E-state index contributed by atoms with van der Waals surface area (Å²) in [5.74, 6) is 0. The van der Waals surface area contributed by atoms with Crippen LogP contribution >= 0.6 is 0 Å². The summed E-state index contributed by atoms with van der Waals surface area (Å²) in [5.41, 5.74) is 1.05. The zero-order valence-corrected chi connectivity index (χ0v) is 12.9. The summed E-state index contributed by atoms with van der Waals surface area (Å²) in [4.78, 5) is 0. The molecule has 1 aliphatic rings. The number of unbranched alkanes of at least 4 members (excludes halogenated alkanes) is 3. The zero-order chi connectivity index (χ0) is 14.2. The molecule has 20 heavy (non-hydrogen) atoms. The SMILES string of the molecule is CCCCCCC(O)Cc1ccn(C2CCCCC2)n1. The van der Waals surface area contributed by atoms with E-state index in [-0.39, 0.29) is 6.10 Å². The lowest BCUT2D eigenvalue weighted by molar-refractivity contribution is 0.159. The first-order chi connectivity index (χ1) is 9.79. The molecule has 0 spiro atoms. The standard InChI is InChI=1S/C17H30N2O/c1-2-3-4-8-11-17(20)14-15-12-13-19(18-15)16-9-6-5-7-10-16/h12-13,16-17,20H,2-11,14H2,1H3. The van der Waals surface area contributed by atoms with Gasteiger partial charge in [-0.25, -0.2) is 0 Å². The van der Waals surface area contributed by atoms with Crippen LogP contribution in [-0.2, 0) is 6.42 Å². The Morgan fingerprint density at radius 1 is 1.25 bits per heavy atom. The Balaban J connectivity index is 1.74. The molecular weight excluding hydrogens is 248 g/mol. The van der Waals surface area contributed by atoms with E-state index in [0.717, 1.165) is 18.5 Å². The van der Waals surface area contributed by atoms with Crippen LogP contribution in [0.25, 0.3) is 0 Å². The van der Waals surface area contributed by atoms with Gasteiger partial charge in [0.15, 0.2) is 0 Å². The Hall–Kier alpha value is -0.830. The number of aliphatic hydroxyl groups is 1. The summed E-state index contributed by atoms with van der Waals surface area (Å²) in [6, 6.07) is 2.68. The van der Waals surface area contributed by atoms with Crippen molar-refractivity contribution in [3.05, 3.63) is 18.0 Å². The maximum absolute atomic E-state index is 10.1. The fourth-order valence-electron chi connectivity index (χ4n) is 3.19. The molecule has 1 fully saturated rings. The third-order valence-corrected chi connectivity index (χ3v) is 4.45. The average Bonchev–Trinajstić information content (AvgIpc) is 2.93. The zero-order valence-electron chi connectivity index (χ0n) is 12.9. The minimum absolute atomic E-state index is 0.221. The molecule has 1 saturated carbocycles. The molecule has 0 saturated heterocycles.